The highest BCUT2D eigenvalue weighted by Gasteiger charge is 2.38. The van der Waals surface area contributed by atoms with Crippen molar-refractivity contribution in [3.63, 3.8) is 0 Å². The molecule has 0 aliphatic heterocycles. The molecule has 1 aromatic rings. The first-order chi connectivity index (χ1) is 7.83. The maximum atomic E-state index is 3.79. The molecule has 2 bridgehead atoms. The van der Waals surface area contributed by atoms with Crippen molar-refractivity contribution in [1.82, 2.24) is 5.32 Å². The molecule has 2 saturated carbocycles. The van der Waals surface area contributed by atoms with E-state index in [0.717, 1.165) is 17.9 Å². The molecule has 2 aliphatic rings. The number of rotatable bonds is 4. The molecule has 0 saturated heterocycles. The molecule has 1 N–H and O–H groups in total. The summed E-state index contributed by atoms with van der Waals surface area (Å²) in [5.74, 6) is 2.07. The lowest BCUT2D eigenvalue weighted by Gasteiger charge is -2.22. The Hall–Kier alpha value is -0.340. The average Bonchev–Trinajstić information content (AvgIpc) is 2.96. The zero-order valence-electron chi connectivity index (χ0n) is 10.0. The van der Waals surface area contributed by atoms with Crippen LogP contribution in [0.5, 0.6) is 0 Å². The van der Waals surface area contributed by atoms with Gasteiger partial charge in [-0.25, -0.2) is 0 Å². The minimum Gasteiger partial charge on any atom is -0.313 e. The fourth-order valence-corrected chi connectivity index (χ4v) is 4.44. The first-order valence-electron chi connectivity index (χ1n) is 6.59. The number of nitrogens with one attached hydrogen (secondary N) is 1. The van der Waals surface area contributed by atoms with Crippen LogP contribution < -0.4 is 5.32 Å². The van der Waals surface area contributed by atoms with E-state index in [4.69, 9.17) is 0 Å². The third-order valence-electron chi connectivity index (χ3n) is 4.46. The van der Waals surface area contributed by atoms with Crippen LogP contribution in [-0.4, -0.2) is 12.6 Å². The highest BCUT2D eigenvalue weighted by molar-refractivity contribution is 7.10. The summed E-state index contributed by atoms with van der Waals surface area (Å²) in [6.07, 6.45) is 7.18. The zero-order chi connectivity index (χ0) is 11.0. The smallest absolute Gasteiger partial charge is 0.00982 e. The van der Waals surface area contributed by atoms with Crippen LogP contribution in [0.3, 0.4) is 0 Å². The van der Waals surface area contributed by atoms with Crippen LogP contribution in [0, 0.1) is 18.8 Å². The van der Waals surface area contributed by atoms with Gasteiger partial charge in [-0.3, -0.25) is 0 Å². The van der Waals surface area contributed by atoms with Gasteiger partial charge in [-0.15, -0.1) is 11.3 Å². The summed E-state index contributed by atoms with van der Waals surface area (Å²) in [5, 5.41) is 6.00. The third-order valence-corrected chi connectivity index (χ3v) is 5.55. The van der Waals surface area contributed by atoms with Gasteiger partial charge >= 0.3 is 0 Å². The van der Waals surface area contributed by atoms with Crippen molar-refractivity contribution in [3.05, 3.63) is 21.9 Å². The molecule has 0 radical (unpaired) electrons. The lowest BCUT2D eigenvalue weighted by molar-refractivity contribution is 0.354. The number of hydrogen-bond donors (Lipinski definition) is 1. The predicted octanol–water partition coefficient (Wildman–Crippen LogP) is 3.38. The van der Waals surface area contributed by atoms with Crippen molar-refractivity contribution in [2.75, 3.05) is 6.54 Å². The molecular weight excluding hydrogens is 214 g/mol. The third kappa shape index (κ3) is 2.05. The van der Waals surface area contributed by atoms with Gasteiger partial charge in [0, 0.05) is 17.5 Å². The first-order valence-corrected chi connectivity index (χ1v) is 7.47. The Morgan fingerprint density at radius 1 is 1.38 bits per heavy atom. The molecule has 88 valence electrons. The van der Waals surface area contributed by atoms with Gasteiger partial charge < -0.3 is 5.32 Å². The monoisotopic (exact) mass is 235 g/mol. The van der Waals surface area contributed by atoms with Crippen LogP contribution in [0.4, 0.5) is 0 Å². The number of thiophene rings is 1. The topological polar surface area (TPSA) is 12.0 Å². The van der Waals surface area contributed by atoms with E-state index in [0.29, 0.717) is 0 Å². The van der Waals surface area contributed by atoms with E-state index in [1.54, 1.807) is 4.88 Å². The molecule has 1 aromatic heterocycles. The van der Waals surface area contributed by atoms with E-state index in [1.165, 1.54) is 44.2 Å². The van der Waals surface area contributed by atoms with E-state index in [-0.39, 0.29) is 0 Å². The molecule has 3 atom stereocenters. The minimum absolute atomic E-state index is 0.846. The summed E-state index contributed by atoms with van der Waals surface area (Å²) in [6, 6.07) is 3.08. The van der Waals surface area contributed by atoms with Crippen molar-refractivity contribution in [3.8, 4) is 0 Å². The van der Waals surface area contributed by atoms with Crippen molar-refractivity contribution in [1.29, 1.82) is 0 Å². The second kappa shape index (κ2) is 4.50. The maximum Gasteiger partial charge on any atom is 0.00982 e. The molecule has 1 nitrogen and oxygen atoms in total. The summed E-state index contributed by atoms with van der Waals surface area (Å²) in [4.78, 5) is 1.57. The Morgan fingerprint density at radius 2 is 2.31 bits per heavy atom. The van der Waals surface area contributed by atoms with Crippen molar-refractivity contribution >= 4 is 11.3 Å². The summed E-state index contributed by atoms with van der Waals surface area (Å²) in [5.41, 5.74) is 1.47. The van der Waals surface area contributed by atoms with E-state index in [1.807, 2.05) is 11.3 Å². The Balaban J connectivity index is 1.46. The van der Waals surface area contributed by atoms with Crippen molar-refractivity contribution < 1.29 is 0 Å². The highest BCUT2D eigenvalue weighted by Crippen LogP contribution is 2.44. The van der Waals surface area contributed by atoms with Gasteiger partial charge in [0.1, 0.15) is 0 Å². The van der Waals surface area contributed by atoms with Gasteiger partial charge in [-0.2, -0.15) is 0 Å². The number of hydrogen-bond acceptors (Lipinski definition) is 2. The van der Waals surface area contributed by atoms with Crippen LogP contribution in [0.2, 0.25) is 0 Å². The minimum atomic E-state index is 0.846. The summed E-state index contributed by atoms with van der Waals surface area (Å²) < 4.78 is 0. The highest BCUT2D eigenvalue weighted by atomic mass is 32.1. The van der Waals surface area contributed by atoms with Crippen molar-refractivity contribution in [2.45, 2.75) is 45.1 Å². The Labute approximate surface area is 102 Å². The fourth-order valence-electron chi connectivity index (χ4n) is 3.53. The molecule has 1 heterocycles. The lowest BCUT2D eigenvalue weighted by atomic mass is 9.95. The Kier molecular flexibility index (Phi) is 3.03. The second-order valence-corrected chi connectivity index (χ2v) is 6.51. The van der Waals surface area contributed by atoms with Crippen molar-refractivity contribution in [2.24, 2.45) is 11.8 Å². The standard InChI is InChI=1S/C14H21NS/c1-10-5-7-16-14(10)4-6-15-13-9-11-2-3-12(13)8-11/h5,7,11-13,15H,2-4,6,8-9H2,1H3. The second-order valence-electron chi connectivity index (χ2n) is 5.51. The summed E-state index contributed by atoms with van der Waals surface area (Å²) >= 11 is 1.91. The van der Waals surface area contributed by atoms with Gasteiger partial charge in [0.15, 0.2) is 0 Å². The van der Waals surface area contributed by atoms with Crippen LogP contribution >= 0.6 is 11.3 Å². The number of fused-ring (bicyclic) bond motifs is 2. The molecule has 0 aromatic carbocycles. The van der Waals surface area contributed by atoms with E-state index in [2.05, 4.69) is 23.7 Å². The summed E-state index contributed by atoms with van der Waals surface area (Å²) in [6.45, 7) is 3.40. The molecule has 3 rings (SSSR count). The average molecular weight is 235 g/mol. The SMILES string of the molecule is Cc1ccsc1CCNC1CC2CCC1C2. The molecule has 3 unspecified atom stereocenters. The molecule has 2 heteroatoms. The van der Waals surface area contributed by atoms with Gasteiger partial charge in [0.25, 0.3) is 0 Å². The van der Waals surface area contributed by atoms with Crippen LogP contribution in [-0.2, 0) is 6.42 Å². The normalized spacial score (nSPS) is 32.4. The zero-order valence-corrected chi connectivity index (χ0v) is 10.9. The molecule has 16 heavy (non-hydrogen) atoms. The largest absolute Gasteiger partial charge is 0.313 e. The van der Waals surface area contributed by atoms with Gasteiger partial charge in [0.05, 0.1) is 0 Å². The van der Waals surface area contributed by atoms with Crippen LogP contribution in [0.25, 0.3) is 0 Å². The Bertz CT molecular complexity index is 357. The fraction of sp³-hybridized carbons (Fsp3) is 0.714. The van der Waals surface area contributed by atoms with E-state index >= 15 is 0 Å². The predicted molar refractivity (Wildman–Crippen MR) is 70.0 cm³/mol. The first kappa shape index (κ1) is 10.8. The molecular formula is C14H21NS. The molecule has 2 fully saturated rings. The van der Waals surface area contributed by atoms with Gasteiger partial charge in [0.2, 0.25) is 0 Å². The van der Waals surface area contributed by atoms with E-state index < -0.39 is 0 Å². The lowest BCUT2D eigenvalue weighted by Crippen LogP contribution is -2.35. The van der Waals surface area contributed by atoms with Gasteiger partial charge in [-0.1, -0.05) is 6.42 Å². The molecule has 0 spiro atoms. The van der Waals surface area contributed by atoms with Crippen LogP contribution in [0.15, 0.2) is 11.4 Å². The quantitative estimate of drug-likeness (QED) is 0.843. The maximum absolute atomic E-state index is 3.79. The number of aryl methyl sites for hydroxylation is 1. The van der Waals surface area contributed by atoms with Crippen LogP contribution in [0.1, 0.15) is 36.1 Å². The van der Waals surface area contributed by atoms with Gasteiger partial charge in [-0.05, 0) is 61.5 Å². The molecule has 0 amide bonds. The Morgan fingerprint density at radius 3 is 2.94 bits per heavy atom. The van der Waals surface area contributed by atoms with E-state index in [9.17, 15) is 0 Å². The summed E-state index contributed by atoms with van der Waals surface area (Å²) in [7, 11) is 0. The molecule has 2 aliphatic carbocycles.